The molecule has 7 aliphatic rings. The van der Waals surface area contributed by atoms with Gasteiger partial charge in [0, 0.05) is 10.8 Å². The molecule has 4 fully saturated rings. The summed E-state index contributed by atoms with van der Waals surface area (Å²) in [7, 11) is 0. The van der Waals surface area contributed by atoms with E-state index in [0.29, 0.717) is 19.3 Å². The van der Waals surface area contributed by atoms with Gasteiger partial charge in [0.05, 0.1) is 22.7 Å². The Hall–Kier alpha value is -2.38. The lowest BCUT2D eigenvalue weighted by atomic mass is 9.32. The molecular formula is C18H18O8. The molecule has 4 saturated carbocycles. The third-order valence-electron chi connectivity index (χ3n) is 8.52. The summed E-state index contributed by atoms with van der Waals surface area (Å²) in [4.78, 5) is 49.4. The van der Waals surface area contributed by atoms with Crippen LogP contribution >= 0.6 is 0 Å². The van der Waals surface area contributed by atoms with Gasteiger partial charge in [0.25, 0.3) is 0 Å². The van der Waals surface area contributed by atoms with Crippen LogP contribution in [0.3, 0.4) is 0 Å². The van der Waals surface area contributed by atoms with Crippen LogP contribution in [-0.2, 0) is 19.2 Å². The van der Waals surface area contributed by atoms with E-state index in [0.717, 1.165) is 11.1 Å². The molecule has 0 heterocycles. The van der Waals surface area contributed by atoms with Crippen LogP contribution in [0.2, 0.25) is 0 Å². The van der Waals surface area contributed by atoms with E-state index < -0.39 is 57.4 Å². The minimum absolute atomic E-state index is 0.0747. The van der Waals surface area contributed by atoms with Crippen molar-refractivity contribution in [1.29, 1.82) is 0 Å². The third kappa shape index (κ3) is 1.05. The van der Waals surface area contributed by atoms with Crippen molar-refractivity contribution in [2.24, 2.45) is 33.5 Å². The Morgan fingerprint density at radius 2 is 1.27 bits per heavy atom. The lowest BCUT2D eigenvalue weighted by molar-refractivity contribution is -0.220. The first kappa shape index (κ1) is 15.8. The highest BCUT2D eigenvalue weighted by Gasteiger charge is 2.99. The standard InChI is InChI=1S/C18H18O8/c19-11(20)9-10(12(21)22)16-6-18(16,14(25)26)17(13(23)24)5-3-8(16)7-2-1-4-15(7,9)17/h9-10H,1-6H2,(H,19,20)(H,21,22)(H,23,24)(H,25,26)/t9-,10-,15+,16+,17-,18-/m0/s1. The summed E-state index contributed by atoms with van der Waals surface area (Å²) >= 11 is 0. The van der Waals surface area contributed by atoms with E-state index in [-0.39, 0.29) is 19.3 Å². The number of fused-ring (bicyclic) bond motifs is 2. The lowest BCUT2D eigenvalue weighted by Crippen LogP contribution is -2.73. The Balaban J connectivity index is 1.97. The maximum absolute atomic E-state index is 12.6. The van der Waals surface area contributed by atoms with E-state index in [1.165, 1.54) is 0 Å². The lowest BCUT2D eigenvalue weighted by Gasteiger charge is -2.67. The zero-order valence-electron chi connectivity index (χ0n) is 13.8. The molecule has 138 valence electrons. The minimum Gasteiger partial charge on any atom is -0.481 e. The molecule has 0 amide bonds. The molecule has 4 bridgehead atoms. The molecule has 0 radical (unpaired) electrons. The normalized spacial score (nSPS) is 49.5. The summed E-state index contributed by atoms with van der Waals surface area (Å²) in [5.74, 6) is -8.02. The minimum atomic E-state index is -1.74. The molecule has 26 heavy (non-hydrogen) atoms. The summed E-state index contributed by atoms with van der Waals surface area (Å²) in [6, 6.07) is 0. The number of rotatable bonds is 4. The first-order chi connectivity index (χ1) is 12.2. The van der Waals surface area contributed by atoms with Gasteiger partial charge in [-0.2, -0.15) is 0 Å². The highest BCUT2D eigenvalue weighted by molar-refractivity contribution is 6.00. The first-order valence-corrected chi connectivity index (χ1v) is 8.82. The molecule has 2 spiro atoms. The van der Waals surface area contributed by atoms with Crippen LogP contribution in [0.5, 0.6) is 0 Å². The molecule has 7 rings (SSSR count). The fourth-order valence-electron chi connectivity index (χ4n) is 8.23. The number of hydrogen-bond acceptors (Lipinski definition) is 4. The van der Waals surface area contributed by atoms with Crippen LogP contribution in [0.15, 0.2) is 11.1 Å². The molecule has 8 heteroatoms. The molecule has 0 aliphatic heterocycles. The van der Waals surface area contributed by atoms with Gasteiger partial charge in [0.15, 0.2) is 0 Å². The maximum Gasteiger partial charge on any atom is 0.311 e. The monoisotopic (exact) mass is 362 g/mol. The van der Waals surface area contributed by atoms with Crippen LogP contribution in [-0.4, -0.2) is 44.3 Å². The van der Waals surface area contributed by atoms with Gasteiger partial charge < -0.3 is 20.4 Å². The van der Waals surface area contributed by atoms with Gasteiger partial charge in [-0.05, 0) is 38.5 Å². The smallest absolute Gasteiger partial charge is 0.311 e. The molecular weight excluding hydrogens is 344 g/mol. The van der Waals surface area contributed by atoms with Crippen molar-refractivity contribution in [1.82, 2.24) is 0 Å². The number of carboxylic acids is 4. The molecule has 6 atom stereocenters. The van der Waals surface area contributed by atoms with E-state index in [9.17, 15) is 39.6 Å². The van der Waals surface area contributed by atoms with E-state index in [1.807, 2.05) is 0 Å². The van der Waals surface area contributed by atoms with Crippen molar-refractivity contribution < 1.29 is 39.6 Å². The van der Waals surface area contributed by atoms with Crippen molar-refractivity contribution in [3.05, 3.63) is 11.1 Å². The van der Waals surface area contributed by atoms with E-state index in [4.69, 9.17) is 0 Å². The quantitative estimate of drug-likeness (QED) is 0.545. The van der Waals surface area contributed by atoms with Gasteiger partial charge >= 0.3 is 23.9 Å². The fourth-order valence-corrected chi connectivity index (χ4v) is 8.23. The van der Waals surface area contributed by atoms with Crippen molar-refractivity contribution in [3.8, 4) is 0 Å². The van der Waals surface area contributed by atoms with Crippen molar-refractivity contribution >= 4 is 23.9 Å². The SMILES string of the molecule is O=C(O)[C@@H]1[C@@H](C(=O)O)[C@]23C[C@@]2(C(=O)O)[C@]2(C(=O)O)CCC3=C3CCC[C@@]312. The molecule has 0 unspecified atom stereocenters. The molecule has 4 N–H and O–H groups in total. The van der Waals surface area contributed by atoms with E-state index in [1.54, 1.807) is 0 Å². The van der Waals surface area contributed by atoms with Crippen LogP contribution in [0.4, 0.5) is 0 Å². The van der Waals surface area contributed by atoms with Crippen LogP contribution in [0, 0.1) is 33.5 Å². The highest BCUT2D eigenvalue weighted by atomic mass is 16.4. The predicted molar refractivity (Wildman–Crippen MR) is 82.0 cm³/mol. The summed E-state index contributed by atoms with van der Waals surface area (Å²) in [6.45, 7) is 0. The third-order valence-corrected chi connectivity index (χ3v) is 8.52. The molecule has 0 aromatic carbocycles. The Kier molecular flexibility index (Phi) is 2.42. The van der Waals surface area contributed by atoms with Crippen molar-refractivity contribution in [2.45, 2.75) is 38.5 Å². The Morgan fingerprint density at radius 1 is 0.731 bits per heavy atom. The summed E-state index contributed by atoms with van der Waals surface area (Å²) in [5, 5.41) is 40.3. The summed E-state index contributed by atoms with van der Waals surface area (Å²) in [5.41, 5.74) is -4.71. The van der Waals surface area contributed by atoms with Gasteiger partial charge in [-0.3, -0.25) is 19.2 Å². The number of allylic oxidation sites excluding steroid dienone is 2. The van der Waals surface area contributed by atoms with E-state index >= 15 is 0 Å². The number of carboxylic acid groups (broad SMARTS) is 4. The average Bonchev–Trinajstić information content (AvgIpc) is 3.10. The Labute approximate surface area is 147 Å². The zero-order valence-corrected chi connectivity index (χ0v) is 13.8. The van der Waals surface area contributed by atoms with Crippen LogP contribution < -0.4 is 0 Å². The number of aliphatic carboxylic acids is 4. The van der Waals surface area contributed by atoms with Gasteiger partial charge in [-0.15, -0.1) is 0 Å². The van der Waals surface area contributed by atoms with Crippen LogP contribution in [0.1, 0.15) is 38.5 Å². The Morgan fingerprint density at radius 3 is 1.81 bits per heavy atom. The van der Waals surface area contributed by atoms with Crippen molar-refractivity contribution in [3.63, 3.8) is 0 Å². The zero-order chi connectivity index (χ0) is 18.9. The fraction of sp³-hybridized carbons (Fsp3) is 0.667. The largest absolute Gasteiger partial charge is 0.481 e. The van der Waals surface area contributed by atoms with Gasteiger partial charge in [0.1, 0.15) is 0 Å². The summed E-state index contributed by atoms with van der Waals surface area (Å²) < 4.78 is 0. The molecule has 7 aliphatic carbocycles. The number of hydrogen-bond donors (Lipinski definition) is 4. The second-order valence-electron chi connectivity index (χ2n) is 8.48. The second-order valence-corrected chi connectivity index (χ2v) is 8.48. The van der Waals surface area contributed by atoms with Crippen LogP contribution in [0.25, 0.3) is 0 Å². The predicted octanol–water partition coefficient (Wildman–Crippen LogP) is 1.21. The molecule has 0 aromatic heterocycles. The van der Waals surface area contributed by atoms with E-state index in [2.05, 4.69) is 0 Å². The van der Waals surface area contributed by atoms with Gasteiger partial charge in [0.2, 0.25) is 0 Å². The Bertz CT molecular complexity index is 872. The first-order valence-electron chi connectivity index (χ1n) is 8.82. The summed E-state index contributed by atoms with van der Waals surface area (Å²) in [6.07, 6.45) is 1.68. The molecule has 0 aromatic rings. The van der Waals surface area contributed by atoms with Crippen molar-refractivity contribution in [2.75, 3.05) is 0 Å². The molecule has 8 nitrogen and oxygen atoms in total. The topological polar surface area (TPSA) is 149 Å². The molecule has 0 saturated heterocycles. The maximum atomic E-state index is 12.6. The average molecular weight is 362 g/mol. The second kappa shape index (κ2) is 3.97. The van der Waals surface area contributed by atoms with Gasteiger partial charge in [-0.25, -0.2) is 0 Å². The number of carbonyl (C=O) groups is 4. The van der Waals surface area contributed by atoms with Gasteiger partial charge in [-0.1, -0.05) is 11.1 Å². The highest BCUT2D eigenvalue weighted by Crippen LogP contribution is 2.95.